The average molecular weight is 171 g/mol. The summed E-state index contributed by atoms with van der Waals surface area (Å²) in [5.41, 5.74) is 3.69. The number of hydrogen-bond acceptors (Lipinski definition) is 1. The first-order valence-electron chi connectivity index (χ1n) is 4.65. The standard InChI is InChI=1S/C12H13N/c1-10-6-5-9-13-12(10)11-7-3-2-4-8-11/h2-4,6-8H,5,9H2,1H3. The molecule has 66 valence electrons. The predicted molar refractivity (Wildman–Crippen MR) is 56.2 cm³/mol. The van der Waals surface area contributed by atoms with Crippen LogP contribution in [0, 0.1) is 0 Å². The largest absolute Gasteiger partial charge is 0.284 e. The molecule has 13 heavy (non-hydrogen) atoms. The number of rotatable bonds is 1. The summed E-state index contributed by atoms with van der Waals surface area (Å²) in [5, 5.41) is 0. The lowest BCUT2D eigenvalue weighted by atomic mass is 10.0. The van der Waals surface area contributed by atoms with Crippen molar-refractivity contribution in [1.29, 1.82) is 0 Å². The second-order valence-electron chi connectivity index (χ2n) is 3.27. The van der Waals surface area contributed by atoms with Crippen molar-refractivity contribution in [3.05, 3.63) is 47.5 Å². The maximum atomic E-state index is 4.53. The lowest BCUT2D eigenvalue weighted by molar-refractivity contribution is 0.979. The van der Waals surface area contributed by atoms with Gasteiger partial charge in [0.25, 0.3) is 0 Å². The molecule has 1 heteroatoms. The van der Waals surface area contributed by atoms with Crippen LogP contribution in [0.1, 0.15) is 18.9 Å². The first-order valence-corrected chi connectivity index (χ1v) is 4.65. The molecule has 0 saturated carbocycles. The summed E-state index contributed by atoms with van der Waals surface area (Å²) in [6.07, 6.45) is 3.34. The monoisotopic (exact) mass is 171 g/mol. The highest BCUT2D eigenvalue weighted by Crippen LogP contribution is 2.13. The van der Waals surface area contributed by atoms with Crippen molar-refractivity contribution in [2.75, 3.05) is 6.54 Å². The van der Waals surface area contributed by atoms with Crippen LogP contribution in [0.2, 0.25) is 0 Å². The summed E-state index contributed by atoms with van der Waals surface area (Å²) in [6.45, 7) is 3.06. The molecular formula is C12H13N. The molecule has 0 aliphatic carbocycles. The molecule has 1 nitrogen and oxygen atoms in total. The molecule has 0 N–H and O–H groups in total. The fraction of sp³-hybridized carbons (Fsp3) is 0.250. The predicted octanol–water partition coefficient (Wildman–Crippen LogP) is 2.83. The minimum atomic E-state index is 0.932. The fourth-order valence-corrected chi connectivity index (χ4v) is 1.59. The Kier molecular flexibility index (Phi) is 2.26. The Hall–Kier alpha value is -1.37. The number of benzene rings is 1. The van der Waals surface area contributed by atoms with Crippen molar-refractivity contribution < 1.29 is 0 Å². The summed E-state index contributed by atoms with van der Waals surface area (Å²) < 4.78 is 0. The smallest absolute Gasteiger partial charge is 0.0672 e. The molecule has 0 spiro atoms. The highest BCUT2D eigenvalue weighted by molar-refractivity contribution is 6.12. The zero-order valence-electron chi connectivity index (χ0n) is 7.83. The van der Waals surface area contributed by atoms with Gasteiger partial charge in [0, 0.05) is 6.54 Å². The van der Waals surface area contributed by atoms with Gasteiger partial charge in [-0.3, -0.25) is 4.99 Å². The lowest BCUT2D eigenvalue weighted by Gasteiger charge is -2.11. The van der Waals surface area contributed by atoms with E-state index in [-0.39, 0.29) is 0 Å². The van der Waals surface area contributed by atoms with Crippen molar-refractivity contribution in [2.45, 2.75) is 13.3 Å². The van der Waals surface area contributed by atoms with Gasteiger partial charge in [-0.1, -0.05) is 36.4 Å². The molecule has 1 aliphatic heterocycles. The van der Waals surface area contributed by atoms with Crippen molar-refractivity contribution >= 4 is 5.71 Å². The van der Waals surface area contributed by atoms with Gasteiger partial charge in [-0.05, 0) is 24.5 Å². The quantitative estimate of drug-likeness (QED) is 0.616. The lowest BCUT2D eigenvalue weighted by Crippen LogP contribution is -2.07. The zero-order valence-corrected chi connectivity index (χ0v) is 7.83. The maximum absolute atomic E-state index is 4.53. The van der Waals surface area contributed by atoms with Gasteiger partial charge in [0.1, 0.15) is 0 Å². The Morgan fingerprint density at radius 3 is 2.62 bits per heavy atom. The number of allylic oxidation sites excluding steroid dienone is 1. The normalized spacial score (nSPS) is 16.4. The van der Waals surface area contributed by atoms with Crippen LogP contribution in [-0.4, -0.2) is 12.3 Å². The van der Waals surface area contributed by atoms with Crippen molar-refractivity contribution in [3.63, 3.8) is 0 Å². The average Bonchev–Trinajstić information content (AvgIpc) is 2.20. The first-order chi connectivity index (χ1) is 6.38. The molecule has 1 aliphatic rings. The molecule has 0 bridgehead atoms. The molecule has 1 aromatic carbocycles. The van der Waals surface area contributed by atoms with Crippen LogP contribution in [0.15, 0.2) is 47.0 Å². The van der Waals surface area contributed by atoms with Crippen LogP contribution in [0.3, 0.4) is 0 Å². The van der Waals surface area contributed by atoms with Crippen LogP contribution in [0.5, 0.6) is 0 Å². The Morgan fingerprint density at radius 2 is 1.92 bits per heavy atom. The Bertz CT molecular complexity index is 347. The topological polar surface area (TPSA) is 12.4 Å². The van der Waals surface area contributed by atoms with Gasteiger partial charge in [-0.15, -0.1) is 0 Å². The van der Waals surface area contributed by atoms with E-state index in [2.05, 4.69) is 42.3 Å². The van der Waals surface area contributed by atoms with Crippen molar-refractivity contribution in [1.82, 2.24) is 0 Å². The Morgan fingerprint density at radius 1 is 1.15 bits per heavy atom. The second kappa shape index (κ2) is 3.56. The van der Waals surface area contributed by atoms with Gasteiger partial charge in [0.15, 0.2) is 0 Å². The number of hydrogen-bond donors (Lipinski definition) is 0. The van der Waals surface area contributed by atoms with E-state index >= 15 is 0 Å². The van der Waals surface area contributed by atoms with Gasteiger partial charge >= 0.3 is 0 Å². The van der Waals surface area contributed by atoms with Gasteiger partial charge in [-0.2, -0.15) is 0 Å². The summed E-state index contributed by atoms with van der Waals surface area (Å²) in [6, 6.07) is 10.4. The van der Waals surface area contributed by atoms with Crippen molar-refractivity contribution in [3.8, 4) is 0 Å². The zero-order chi connectivity index (χ0) is 9.10. The summed E-state index contributed by atoms with van der Waals surface area (Å²) in [4.78, 5) is 4.53. The maximum Gasteiger partial charge on any atom is 0.0672 e. The first kappa shape index (κ1) is 8.24. The molecule has 0 radical (unpaired) electrons. The van der Waals surface area contributed by atoms with E-state index in [9.17, 15) is 0 Å². The van der Waals surface area contributed by atoms with E-state index in [0.717, 1.165) is 18.7 Å². The molecule has 1 aromatic rings. The van der Waals surface area contributed by atoms with E-state index in [4.69, 9.17) is 0 Å². The number of aliphatic imine (C=N–C) groups is 1. The molecule has 2 rings (SSSR count). The highest BCUT2D eigenvalue weighted by atomic mass is 14.7. The minimum Gasteiger partial charge on any atom is -0.284 e. The van der Waals surface area contributed by atoms with E-state index in [0.29, 0.717) is 0 Å². The molecule has 0 atom stereocenters. The second-order valence-corrected chi connectivity index (χ2v) is 3.27. The van der Waals surface area contributed by atoms with Crippen LogP contribution < -0.4 is 0 Å². The third kappa shape index (κ3) is 1.69. The van der Waals surface area contributed by atoms with Crippen LogP contribution >= 0.6 is 0 Å². The third-order valence-electron chi connectivity index (χ3n) is 2.27. The SMILES string of the molecule is CC1=CCCN=C1c1ccccc1. The van der Waals surface area contributed by atoms with Gasteiger partial charge in [-0.25, -0.2) is 0 Å². The van der Waals surface area contributed by atoms with E-state index in [1.807, 2.05) is 6.07 Å². The van der Waals surface area contributed by atoms with Crippen LogP contribution in [-0.2, 0) is 0 Å². The Labute approximate surface area is 78.8 Å². The summed E-state index contributed by atoms with van der Waals surface area (Å²) >= 11 is 0. The number of dihydropyridines is 1. The summed E-state index contributed by atoms with van der Waals surface area (Å²) in [7, 11) is 0. The molecule has 0 aromatic heterocycles. The summed E-state index contributed by atoms with van der Waals surface area (Å²) in [5.74, 6) is 0. The third-order valence-corrected chi connectivity index (χ3v) is 2.27. The van der Waals surface area contributed by atoms with Crippen LogP contribution in [0.25, 0.3) is 0 Å². The minimum absolute atomic E-state index is 0.932. The van der Waals surface area contributed by atoms with E-state index in [1.54, 1.807) is 0 Å². The molecule has 0 amide bonds. The van der Waals surface area contributed by atoms with Gasteiger partial charge in [0.2, 0.25) is 0 Å². The highest BCUT2D eigenvalue weighted by Gasteiger charge is 2.07. The van der Waals surface area contributed by atoms with Crippen molar-refractivity contribution in [2.24, 2.45) is 4.99 Å². The molecule has 1 heterocycles. The van der Waals surface area contributed by atoms with Gasteiger partial charge in [0.05, 0.1) is 5.71 Å². The molecular weight excluding hydrogens is 158 g/mol. The van der Waals surface area contributed by atoms with Gasteiger partial charge < -0.3 is 0 Å². The Balaban J connectivity index is 2.37. The van der Waals surface area contributed by atoms with E-state index < -0.39 is 0 Å². The molecule has 0 saturated heterocycles. The fourth-order valence-electron chi connectivity index (χ4n) is 1.59. The molecule has 0 fully saturated rings. The van der Waals surface area contributed by atoms with E-state index in [1.165, 1.54) is 11.1 Å². The van der Waals surface area contributed by atoms with Crippen LogP contribution in [0.4, 0.5) is 0 Å². The molecule has 0 unspecified atom stereocenters. The number of nitrogens with zero attached hydrogens (tertiary/aromatic N) is 1.